The summed E-state index contributed by atoms with van der Waals surface area (Å²) in [6.45, 7) is 5.65. The van der Waals surface area contributed by atoms with Crippen LogP contribution in [0.15, 0.2) is 0 Å². The first-order chi connectivity index (χ1) is 6.49. The van der Waals surface area contributed by atoms with Gasteiger partial charge in [-0.1, -0.05) is 13.8 Å². The molecule has 0 aliphatic rings. The molecule has 4 heteroatoms. The number of hydrogen-bond acceptors (Lipinski definition) is 3. The van der Waals surface area contributed by atoms with E-state index in [1.165, 1.54) is 0 Å². The zero-order valence-corrected chi connectivity index (χ0v) is 9.71. The molecule has 0 aromatic rings. The molecule has 1 unspecified atom stereocenters. The lowest BCUT2D eigenvalue weighted by atomic mass is 10.0. The Balaban J connectivity index is 3.91. The van der Waals surface area contributed by atoms with Crippen LogP contribution in [-0.2, 0) is 4.79 Å². The van der Waals surface area contributed by atoms with Crippen molar-refractivity contribution in [2.24, 2.45) is 11.7 Å². The number of carbonyl (C=O) groups excluding carboxylic acids is 1. The minimum absolute atomic E-state index is 0.0361. The fourth-order valence-electron chi connectivity index (χ4n) is 1.28. The SMILES string of the molecule is CNCCN(C)C(=O)C(N)CC(C)C. The molecule has 1 amide bonds. The van der Waals surface area contributed by atoms with Gasteiger partial charge in [0.1, 0.15) is 0 Å². The van der Waals surface area contributed by atoms with E-state index in [-0.39, 0.29) is 11.9 Å². The van der Waals surface area contributed by atoms with Crippen LogP contribution in [0.4, 0.5) is 0 Å². The lowest BCUT2D eigenvalue weighted by Crippen LogP contribution is -2.44. The van der Waals surface area contributed by atoms with Gasteiger partial charge < -0.3 is 16.0 Å². The highest BCUT2D eigenvalue weighted by atomic mass is 16.2. The molecule has 3 N–H and O–H groups in total. The number of nitrogens with two attached hydrogens (primary N) is 1. The van der Waals surface area contributed by atoms with Crippen molar-refractivity contribution in [3.63, 3.8) is 0 Å². The number of carbonyl (C=O) groups is 1. The van der Waals surface area contributed by atoms with E-state index in [4.69, 9.17) is 5.73 Å². The topological polar surface area (TPSA) is 58.4 Å². The second-order valence-corrected chi connectivity index (χ2v) is 4.10. The van der Waals surface area contributed by atoms with Crippen LogP contribution in [0.5, 0.6) is 0 Å². The van der Waals surface area contributed by atoms with Crippen molar-refractivity contribution in [1.82, 2.24) is 10.2 Å². The molecule has 14 heavy (non-hydrogen) atoms. The van der Waals surface area contributed by atoms with Gasteiger partial charge in [-0.25, -0.2) is 0 Å². The van der Waals surface area contributed by atoms with Crippen LogP contribution in [0.3, 0.4) is 0 Å². The summed E-state index contributed by atoms with van der Waals surface area (Å²) >= 11 is 0. The highest BCUT2D eigenvalue weighted by molar-refractivity contribution is 5.81. The summed E-state index contributed by atoms with van der Waals surface area (Å²) in [5.41, 5.74) is 5.78. The molecule has 0 aliphatic carbocycles. The van der Waals surface area contributed by atoms with E-state index >= 15 is 0 Å². The van der Waals surface area contributed by atoms with Gasteiger partial charge in [0.25, 0.3) is 0 Å². The molecule has 0 aromatic carbocycles. The highest BCUT2D eigenvalue weighted by Gasteiger charge is 2.18. The summed E-state index contributed by atoms with van der Waals surface area (Å²) in [6, 6.07) is -0.350. The molecule has 0 saturated carbocycles. The van der Waals surface area contributed by atoms with E-state index in [1.807, 2.05) is 7.05 Å². The lowest BCUT2D eigenvalue weighted by Gasteiger charge is -2.22. The average molecular weight is 201 g/mol. The molecule has 0 radical (unpaired) electrons. The van der Waals surface area contributed by atoms with E-state index in [0.717, 1.165) is 13.0 Å². The third kappa shape index (κ3) is 5.19. The van der Waals surface area contributed by atoms with Crippen LogP contribution >= 0.6 is 0 Å². The van der Waals surface area contributed by atoms with Crippen LogP contribution in [0, 0.1) is 5.92 Å². The standard InChI is InChI=1S/C10H23N3O/c1-8(2)7-9(11)10(14)13(4)6-5-12-3/h8-9,12H,5-7,11H2,1-4H3. The Kier molecular flexibility index (Phi) is 6.49. The minimum Gasteiger partial charge on any atom is -0.343 e. The molecule has 0 spiro atoms. The number of nitrogens with zero attached hydrogens (tertiary/aromatic N) is 1. The Morgan fingerprint density at radius 1 is 1.50 bits per heavy atom. The molecular formula is C10H23N3O. The highest BCUT2D eigenvalue weighted by Crippen LogP contribution is 2.04. The van der Waals surface area contributed by atoms with Crippen LogP contribution in [0.2, 0.25) is 0 Å². The molecule has 0 saturated heterocycles. The fraction of sp³-hybridized carbons (Fsp3) is 0.900. The smallest absolute Gasteiger partial charge is 0.239 e. The van der Waals surface area contributed by atoms with Crippen molar-refractivity contribution in [3.05, 3.63) is 0 Å². The summed E-state index contributed by atoms with van der Waals surface area (Å²) in [5.74, 6) is 0.501. The molecule has 84 valence electrons. The van der Waals surface area contributed by atoms with Gasteiger partial charge in [-0.2, -0.15) is 0 Å². The third-order valence-corrected chi connectivity index (χ3v) is 2.12. The van der Waals surface area contributed by atoms with E-state index in [2.05, 4.69) is 19.2 Å². The largest absolute Gasteiger partial charge is 0.343 e. The van der Waals surface area contributed by atoms with Gasteiger partial charge >= 0.3 is 0 Å². The van der Waals surface area contributed by atoms with Gasteiger partial charge in [0.15, 0.2) is 0 Å². The molecule has 0 bridgehead atoms. The Hall–Kier alpha value is -0.610. The maximum Gasteiger partial charge on any atom is 0.239 e. The van der Waals surface area contributed by atoms with Crippen LogP contribution in [0.1, 0.15) is 20.3 Å². The molecule has 0 fully saturated rings. The van der Waals surface area contributed by atoms with Gasteiger partial charge in [-0.15, -0.1) is 0 Å². The Labute approximate surface area is 86.8 Å². The first-order valence-corrected chi connectivity index (χ1v) is 5.14. The first kappa shape index (κ1) is 13.4. The summed E-state index contributed by atoms with van der Waals surface area (Å²) in [6.07, 6.45) is 0.753. The maximum absolute atomic E-state index is 11.7. The first-order valence-electron chi connectivity index (χ1n) is 5.14. The summed E-state index contributed by atoms with van der Waals surface area (Å²) < 4.78 is 0. The molecular weight excluding hydrogens is 178 g/mol. The second-order valence-electron chi connectivity index (χ2n) is 4.10. The van der Waals surface area contributed by atoms with Gasteiger partial charge in [0.05, 0.1) is 6.04 Å². The third-order valence-electron chi connectivity index (χ3n) is 2.12. The Morgan fingerprint density at radius 3 is 2.50 bits per heavy atom. The number of likely N-dealkylation sites (N-methyl/N-ethyl adjacent to an activating group) is 2. The van der Waals surface area contributed by atoms with Gasteiger partial charge in [0, 0.05) is 20.1 Å². The van der Waals surface area contributed by atoms with E-state index in [9.17, 15) is 4.79 Å². The summed E-state index contributed by atoms with van der Waals surface area (Å²) in [7, 11) is 3.66. The predicted octanol–water partition coefficient (Wildman–Crippen LogP) is 0.0376. The van der Waals surface area contributed by atoms with Crippen LogP contribution in [0.25, 0.3) is 0 Å². The summed E-state index contributed by atoms with van der Waals surface area (Å²) in [5, 5.41) is 3.00. The van der Waals surface area contributed by atoms with E-state index < -0.39 is 0 Å². The number of amides is 1. The van der Waals surface area contributed by atoms with Gasteiger partial charge in [-0.05, 0) is 19.4 Å². The van der Waals surface area contributed by atoms with Crippen molar-refractivity contribution in [3.8, 4) is 0 Å². The maximum atomic E-state index is 11.7. The second kappa shape index (κ2) is 6.79. The molecule has 0 aromatic heterocycles. The zero-order chi connectivity index (χ0) is 11.1. The van der Waals surface area contributed by atoms with E-state index in [1.54, 1.807) is 11.9 Å². The van der Waals surface area contributed by atoms with Crippen molar-refractivity contribution in [2.75, 3.05) is 27.2 Å². The number of hydrogen-bond donors (Lipinski definition) is 2. The monoisotopic (exact) mass is 201 g/mol. The van der Waals surface area contributed by atoms with Crippen LogP contribution in [-0.4, -0.2) is 44.0 Å². The molecule has 0 heterocycles. The average Bonchev–Trinajstić information content (AvgIpc) is 2.11. The molecule has 1 atom stereocenters. The van der Waals surface area contributed by atoms with Crippen molar-refractivity contribution in [1.29, 1.82) is 0 Å². The normalized spacial score (nSPS) is 13.0. The van der Waals surface area contributed by atoms with Crippen molar-refractivity contribution < 1.29 is 4.79 Å². The Morgan fingerprint density at radius 2 is 2.07 bits per heavy atom. The van der Waals surface area contributed by atoms with Gasteiger partial charge in [-0.3, -0.25) is 4.79 Å². The number of nitrogens with one attached hydrogen (secondary N) is 1. The number of rotatable bonds is 6. The Bertz CT molecular complexity index is 171. The fourth-order valence-corrected chi connectivity index (χ4v) is 1.28. The molecule has 0 aliphatic heterocycles. The van der Waals surface area contributed by atoms with Crippen LogP contribution < -0.4 is 11.1 Å². The van der Waals surface area contributed by atoms with E-state index in [0.29, 0.717) is 12.5 Å². The predicted molar refractivity (Wildman–Crippen MR) is 59.0 cm³/mol. The molecule has 4 nitrogen and oxygen atoms in total. The zero-order valence-electron chi connectivity index (χ0n) is 9.71. The van der Waals surface area contributed by atoms with Gasteiger partial charge in [0.2, 0.25) is 5.91 Å². The van der Waals surface area contributed by atoms with Crippen molar-refractivity contribution >= 4 is 5.91 Å². The van der Waals surface area contributed by atoms with Crippen molar-refractivity contribution in [2.45, 2.75) is 26.3 Å². The minimum atomic E-state index is -0.350. The summed E-state index contributed by atoms with van der Waals surface area (Å²) in [4.78, 5) is 13.3. The quantitative estimate of drug-likeness (QED) is 0.638. The lowest BCUT2D eigenvalue weighted by molar-refractivity contribution is -0.131. The molecule has 0 rings (SSSR count).